The number of benzene rings is 1. The maximum atomic E-state index is 11.7. The van der Waals surface area contributed by atoms with Gasteiger partial charge < -0.3 is 11.1 Å². The predicted molar refractivity (Wildman–Crippen MR) is 63.1 cm³/mol. The van der Waals surface area contributed by atoms with Crippen LogP contribution in [-0.2, 0) is 6.54 Å². The highest BCUT2D eigenvalue weighted by Gasteiger charge is 2.12. The molecule has 1 amide bonds. The first kappa shape index (κ1) is 11.1. The van der Waals surface area contributed by atoms with E-state index in [2.05, 4.69) is 20.7 Å². The Labute approximate surface area is 98.2 Å². The van der Waals surface area contributed by atoms with Crippen LogP contribution in [-0.4, -0.2) is 21.3 Å². The minimum Gasteiger partial charge on any atom is -0.382 e. The molecule has 1 heterocycles. The molecular weight excluding hydrogens is 218 g/mol. The van der Waals surface area contributed by atoms with Crippen molar-refractivity contribution in [2.75, 3.05) is 5.73 Å². The van der Waals surface area contributed by atoms with Crippen molar-refractivity contribution in [3.05, 3.63) is 41.1 Å². The van der Waals surface area contributed by atoms with E-state index in [1.807, 2.05) is 31.2 Å². The maximum Gasteiger partial charge on any atom is 0.275 e. The molecule has 1 aromatic heterocycles. The molecule has 0 spiro atoms. The Kier molecular flexibility index (Phi) is 3.04. The Hall–Kier alpha value is -2.37. The van der Waals surface area contributed by atoms with Crippen LogP contribution in [0.5, 0.6) is 0 Å². The topological polar surface area (TPSA) is 96.7 Å². The number of rotatable bonds is 3. The summed E-state index contributed by atoms with van der Waals surface area (Å²) >= 11 is 0. The number of aromatic nitrogens is 3. The van der Waals surface area contributed by atoms with E-state index in [0.717, 1.165) is 5.56 Å². The highest BCUT2D eigenvalue weighted by atomic mass is 16.2. The van der Waals surface area contributed by atoms with Crippen molar-refractivity contribution in [1.82, 2.24) is 20.7 Å². The Morgan fingerprint density at radius 1 is 1.41 bits per heavy atom. The quantitative estimate of drug-likeness (QED) is 0.721. The number of carbonyl (C=O) groups excluding carboxylic acids is 1. The number of aromatic amines is 1. The van der Waals surface area contributed by atoms with E-state index in [0.29, 0.717) is 6.54 Å². The van der Waals surface area contributed by atoms with Gasteiger partial charge in [-0.1, -0.05) is 35.0 Å². The van der Waals surface area contributed by atoms with Crippen LogP contribution in [0.15, 0.2) is 24.3 Å². The lowest BCUT2D eigenvalue weighted by Crippen LogP contribution is -2.24. The van der Waals surface area contributed by atoms with E-state index in [-0.39, 0.29) is 17.4 Å². The zero-order valence-electron chi connectivity index (χ0n) is 9.40. The monoisotopic (exact) mass is 231 g/mol. The largest absolute Gasteiger partial charge is 0.382 e. The first-order valence-corrected chi connectivity index (χ1v) is 5.17. The van der Waals surface area contributed by atoms with Crippen LogP contribution in [0.25, 0.3) is 0 Å². The number of nitrogen functional groups attached to an aromatic ring is 1. The summed E-state index contributed by atoms with van der Waals surface area (Å²) in [6, 6.07) is 7.90. The van der Waals surface area contributed by atoms with Crippen LogP contribution < -0.4 is 11.1 Å². The fraction of sp³-hybridized carbons (Fsp3) is 0.182. The molecule has 0 bridgehead atoms. The van der Waals surface area contributed by atoms with Crippen molar-refractivity contribution in [3.8, 4) is 0 Å². The highest BCUT2D eigenvalue weighted by molar-refractivity contribution is 5.96. The van der Waals surface area contributed by atoms with Crippen LogP contribution in [0.1, 0.15) is 21.6 Å². The third-order valence-corrected chi connectivity index (χ3v) is 2.36. The normalized spacial score (nSPS) is 10.2. The molecule has 0 aliphatic rings. The SMILES string of the molecule is Cc1ccc(CNC(=O)c2nn[nH]c2N)cc1. The summed E-state index contributed by atoms with van der Waals surface area (Å²) in [6.45, 7) is 2.45. The summed E-state index contributed by atoms with van der Waals surface area (Å²) < 4.78 is 0. The maximum absolute atomic E-state index is 11.7. The van der Waals surface area contributed by atoms with Gasteiger partial charge in [-0.2, -0.15) is 0 Å². The minimum atomic E-state index is -0.336. The third kappa shape index (κ3) is 2.60. The summed E-state index contributed by atoms with van der Waals surface area (Å²) in [5.41, 5.74) is 7.81. The number of amides is 1. The van der Waals surface area contributed by atoms with E-state index in [4.69, 9.17) is 5.73 Å². The number of carbonyl (C=O) groups is 1. The van der Waals surface area contributed by atoms with Gasteiger partial charge in [0.25, 0.3) is 5.91 Å². The molecule has 0 radical (unpaired) electrons. The van der Waals surface area contributed by atoms with Crippen LogP contribution in [0.3, 0.4) is 0 Å². The standard InChI is InChI=1S/C11H13N5O/c1-7-2-4-8(5-3-7)6-13-11(17)9-10(12)15-16-14-9/h2-5H,6H2,1H3,(H,13,17)(H3,12,14,15,16). The fourth-order valence-electron chi connectivity index (χ4n) is 1.38. The average molecular weight is 231 g/mol. The molecule has 6 heteroatoms. The molecule has 88 valence electrons. The van der Waals surface area contributed by atoms with E-state index in [1.54, 1.807) is 0 Å². The molecule has 0 fully saturated rings. The lowest BCUT2D eigenvalue weighted by Gasteiger charge is -2.03. The molecule has 2 rings (SSSR count). The molecule has 0 unspecified atom stereocenters. The third-order valence-electron chi connectivity index (χ3n) is 2.36. The lowest BCUT2D eigenvalue weighted by atomic mass is 10.1. The number of nitrogens with zero attached hydrogens (tertiary/aromatic N) is 2. The summed E-state index contributed by atoms with van der Waals surface area (Å²) in [6.07, 6.45) is 0. The number of aryl methyl sites for hydroxylation is 1. The van der Waals surface area contributed by atoms with Crippen molar-refractivity contribution in [2.24, 2.45) is 0 Å². The Bertz CT molecular complexity index is 517. The Morgan fingerprint density at radius 2 is 2.12 bits per heavy atom. The van der Waals surface area contributed by atoms with E-state index in [9.17, 15) is 4.79 Å². The number of anilines is 1. The van der Waals surface area contributed by atoms with Gasteiger partial charge in [-0.3, -0.25) is 4.79 Å². The second kappa shape index (κ2) is 4.65. The van der Waals surface area contributed by atoms with Gasteiger partial charge in [-0.25, -0.2) is 5.10 Å². The molecule has 0 atom stereocenters. The molecule has 0 aliphatic heterocycles. The van der Waals surface area contributed by atoms with E-state index in [1.165, 1.54) is 5.56 Å². The Morgan fingerprint density at radius 3 is 2.71 bits per heavy atom. The molecule has 17 heavy (non-hydrogen) atoms. The van der Waals surface area contributed by atoms with E-state index < -0.39 is 0 Å². The Balaban J connectivity index is 1.97. The van der Waals surface area contributed by atoms with Crippen LogP contribution in [0, 0.1) is 6.92 Å². The molecule has 4 N–H and O–H groups in total. The van der Waals surface area contributed by atoms with Crippen LogP contribution in [0.2, 0.25) is 0 Å². The van der Waals surface area contributed by atoms with Gasteiger partial charge in [-0.15, -0.1) is 5.10 Å². The smallest absolute Gasteiger partial charge is 0.275 e. The summed E-state index contributed by atoms with van der Waals surface area (Å²) in [5.74, 6) is -0.164. The van der Waals surface area contributed by atoms with Gasteiger partial charge in [0.2, 0.25) is 0 Å². The molecular formula is C11H13N5O. The van der Waals surface area contributed by atoms with Gasteiger partial charge in [0.1, 0.15) is 0 Å². The first-order chi connectivity index (χ1) is 8.16. The number of nitrogens with two attached hydrogens (primary N) is 1. The zero-order chi connectivity index (χ0) is 12.3. The van der Waals surface area contributed by atoms with Crippen molar-refractivity contribution >= 4 is 11.7 Å². The van der Waals surface area contributed by atoms with Gasteiger partial charge in [-0.05, 0) is 12.5 Å². The zero-order valence-corrected chi connectivity index (χ0v) is 9.40. The van der Waals surface area contributed by atoms with Crippen molar-refractivity contribution in [1.29, 1.82) is 0 Å². The number of nitrogens with one attached hydrogen (secondary N) is 2. The van der Waals surface area contributed by atoms with Crippen molar-refractivity contribution in [3.63, 3.8) is 0 Å². The average Bonchev–Trinajstić information content (AvgIpc) is 2.74. The second-order valence-corrected chi connectivity index (χ2v) is 3.74. The number of hydrogen-bond acceptors (Lipinski definition) is 4. The summed E-state index contributed by atoms with van der Waals surface area (Å²) in [4.78, 5) is 11.7. The van der Waals surface area contributed by atoms with Crippen molar-refractivity contribution in [2.45, 2.75) is 13.5 Å². The van der Waals surface area contributed by atoms with Gasteiger partial charge in [0.05, 0.1) is 0 Å². The summed E-state index contributed by atoms with van der Waals surface area (Å²) in [5, 5.41) is 12.2. The molecule has 2 aromatic rings. The molecule has 0 saturated carbocycles. The van der Waals surface area contributed by atoms with Gasteiger partial charge in [0, 0.05) is 6.54 Å². The highest BCUT2D eigenvalue weighted by Crippen LogP contribution is 2.05. The van der Waals surface area contributed by atoms with Gasteiger partial charge >= 0.3 is 0 Å². The van der Waals surface area contributed by atoms with E-state index >= 15 is 0 Å². The minimum absolute atomic E-state index is 0.122. The summed E-state index contributed by atoms with van der Waals surface area (Å²) in [7, 11) is 0. The molecule has 0 saturated heterocycles. The number of hydrogen-bond donors (Lipinski definition) is 3. The molecule has 6 nitrogen and oxygen atoms in total. The number of H-pyrrole nitrogens is 1. The predicted octanol–water partition coefficient (Wildman–Crippen LogP) is 0.625. The van der Waals surface area contributed by atoms with Crippen LogP contribution in [0.4, 0.5) is 5.82 Å². The van der Waals surface area contributed by atoms with Crippen molar-refractivity contribution < 1.29 is 4.79 Å². The molecule has 1 aromatic carbocycles. The first-order valence-electron chi connectivity index (χ1n) is 5.17. The molecule has 0 aliphatic carbocycles. The van der Waals surface area contributed by atoms with Gasteiger partial charge in [0.15, 0.2) is 11.5 Å². The fourth-order valence-corrected chi connectivity index (χ4v) is 1.38. The van der Waals surface area contributed by atoms with Crippen LogP contribution >= 0.6 is 0 Å². The second-order valence-electron chi connectivity index (χ2n) is 3.74. The lowest BCUT2D eigenvalue weighted by molar-refractivity contribution is 0.0947.